The Morgan fingerprint density at radius 2 is 0.364 bits per heavy atom. The normalized spacial score (nSPS) is 10.1. The minimum atomic E-state index is -0.597. The van der Waals surface area contributed by atoms with Crippen molar-refractivity contribution in [3.8, 4) is 78.9 Å². The third kappa shape index (κ3) is 10.2. The lowest BCUT2D eigenvalue weighted by Gasteiger charge is -2.28. The Hall–Kier alpha value is -10.1. The first-order valence-corrected chi connectivity index (χ1v) is 18.9. The Morgan fingerprint density at radius 3 is 0.439 bits per heavy atom. The minimum absolute atomic E-state index is 0.263. The summed E-state index contributed by atoms with van der Waals surface area (Å²) in [5, 5.41) is 85.8. The van der Waals surface area contributed by atoms with Gasteiger partial charge < -0.3 is 0 Å². The van der Waals surface area contributed by atoms with Gasteiger partial charge in [0.2, 0.25) is 0 Å². The Bertz CT molecular complexity index is 2550. The maximum Gasteiger partial charge on any atom is 0.269 e. The van der Waals surface area contributed by atoms with Gasteiger partial charge in [-0.15, -0.1) is 0 Å². The number of nitrogens with zero attached hydrogens (tertiary/aromatic N) is 8. The number of hydrogen-bond acceptors (Lipinski definition) is 14. The molecule has 0 aliphatic carbocycles. The Balaban J connectivity index is 0.00000129. The fourth-order valence-corrected chi connectivity index (χ4v) is 6.98. The molecule has 0 saturated heterocycles. The first-order chi connectivity index (χ1) is 31.6. The summed E-state index contributed by atoms with van der Waals surface area (Å²) in [5.41, 5.74) is 2.53. The number of rotatable bonds is 12. The van der Waals surface area contributed by atoms with E-state index in [0.717, 1.165) is 0 Å². The first kappa shape index (κ1) is 47.0. The SMILES string of the molecule is CC#N.CC#N.O=[N+]([O-])c1ccc(-c2c(-c3ccc([N+](=O)[O-])cc3)c(-c3ccc([N+](=O)[O-])cc3)c(-c3ccc([N+](=O)[O-])cc3)c(-c3ccc([N+](=O)[O-])cc3)c2-c2ccc([N+](=O)[O-])cc2)cc1. The number of non-ortho nitro benzene ring substituents is 6. The van der Waals surface area contributed by atoms with Crippen LogP contribution in [0.1, 0.15) is 13.8 Å². The third-order valence-corrected chi connectivity index (χ3v) is 9.70. The number of nitro benzene ring substituents is 6. The Morgan fingerprint density at radius 1 is 0.273 bits per heavy atom. The highest BCUT2D eigenvalue weighted by atomic mass is 16.6. The van der Waals surface area contributed by atoms with E-state index in [4.69, 9.17) is 10.5 Å². The van der Waals surface area contributed by atoms with Crippen molar-refractivity contribution >= 4 is 34.1 Å². The van der Waals surface area contributed by atoms with Crippen LogP contribution < -0.4 is 0 Å². The lowest BCUT2D eigenvalue weighted by atomic mass is 9.74. The van der Waals surface area contributed by atoms with E-state index in [2.05, 4.69) is 0 Å². The van der Waals surface area contributed by atoms with E-state index < -0.39 is 29.5 Å². The van der Waals surface area contributed by atoms with Crippen LogP contribution in [-0.2, 0) is 0 Å². The van der Waals surface area contributed by atoms with Crippen molar-refractivity contribution in [3.63, 3.8) is 0 Å². The van der Waals surface area contributed by atoms with E-state index in [0.29, 0.717) is 66.8 Å². The largest absolute Gasteiger partial charge is 0.269 e. The quantitative estimate of drug-likeness (QED) is 0.0813. The first-order valence-electron chi connectivity index (χ1n) is 18.9. The molecule has 66 heavy (non-hydrogen) atoms. The second-order valence-corrected chi connectivity index (χ2v) is 13.5. The molecule has 0 spiro atoms. The van der Waals surface area contributed by atoms with Gasteiger partial charge in [0.15, 0.2) is 0 Å². The molecule has 0 amide bonds. The van der Waals surface area contributed by atoms with Crippen LogP contribution in [0.25, 0.3) is 66.8 Å². The number of hydrogen-bond donors (Lipinski definition) is 0. The van der Waals surface area contributed by atoms with Gasteiger partial charge in [-0.05, 0) is 140 Å². The van der Waals surface area contributed by atoms with Crippen molar-refractivity contribution in [1.82, 2.24) is 0 Å². The molecule has 0 radical (unpaired) electrons. The summed E-state index contributed by atoms with van der Waals surface area (Å²) in [5.74, 6) is 0. The Labute approximate surface area is 372 Å². The van der Waals surface area contributed by atoms with E-state index in [-0.39, 0.29) is 34.1 Å². The second-order valence-electron chi connectivity index (χ2n) is 13.5. The van der Waals surface area contributed by atoms with Crippen LogP contribution in [0, 0.1) is 83.3 Å². The highest BCUT2D eigenvalue weighted by molar-refractivity contribution is 6.15. The summed E-state index contributed by atoms with van der Waals surface area (Å²) in [6, 6.07) is 36.3. The van der Waals surface area contributed by atoms with Gasteiger partial charge in [-0.25, -0.2) is 0 Å². The zero-order valence-electron chi connectivity index (χ0n) is 34.3. The van der Waals surface area contributed by atoms with Gasteiger partial charge in [-0.3, -0.25) is 60.7 Å². The zero-order chi connectivity index (χ0) is 48.2. The molecule has 20 heteroatoms. The molecule has 7 rings (SSSR count). The van der Waals surface area contributed by atoms with Gasteiger partial charge in [0.25, 0.3) is 34.1 Å². The number of benzene rings is 7. The molecule has 0 unspecified atom stereocenters. The second kappa shape index (κ2) is 20.7. The van der Waals surface area contributed by atoms with Crippen LogP contribution in [0.3, 0.4) is 0 Å². The minimum Gasteiger partial charge on any atom is -0.258 e. The molecule has 0 aromatic heterocycles. The van der Waals surface area contributed by atoms with Crippen LogP contribution >= 0.6 is 0 Å². The Kier molecular flexibility index (Phi) is 14.7. The molecular formula is C46H30N8O12. The smallest absolute Gasteiger partial charge is 0.258 e. The average molecular weight is 887 g/mol. The fourth-order valence-electron chi connectivity index (χ4n) is 6.98. The van der Waals surface area contributed by atoms with E-state index >= 15 is 0 Å². The van der Waals surface area contributed by atoms with E-state index in [9.17, 15) is 60.7 Å². The van der Waals surface area contributed by atoms with Crippen molar-refractivity contribution in [2.45, 2.75) is 13.8 Å². The summed E-state index contributed by atoms with van der Waals surface area (Å²) in [6.45, 7) is 2.86. The van der Waals surface area contributed by atoms with Gasteiger partial charge in [0.05, 0.1) is 41.7 Å². The molecular weight excluding hydrogens is 857 g/mol. The average Bonchev–Trinajstić information content (AvgIpc) is 3.31. The maximum atomic E-state index is 11.9. The molecule has 0 bridgehead atoms. The van der Waals surface area contributed by atoms with Gasteiger partial charge in [0.1, 0.15) is 0 Å². The molecule has 326 valence electrons. The number of nitriles is 2. The van der Waals surface area contributed by atoms with Gasteiger partial charge >= 0.3 is 0 Å². The molecule has 0 heterocycles. The molecule has 7 aromatic carbocycles. The summed E-state index contributed by atoms with van der Waals surface area (Å²) in [4.78, 5) is 67.5. The lowest BCUT2D eigenvalue weighted by Crippen LogP contribution is -2.03. The molecule has 20 nitrogen and oxygen atoms in total. The molecule has 0 saturated carbocycles. The summed E-state index contributed by atoms with van der Waals surface area (Å²) in [7, 11) is 0. The maximum absolute atomic E-state index is 11.9. The zero-order valence-corrected chi connectivity index (χ0v) is 34.3. The van der Waals surface area contributed by atoms with Crippen molar-refractivity contribution in [2.24, 2.45) is 0 Å². The fraction of sp³-hybridized carbons (Fsp3) is 0.0435. The predicted molar refractivity (Wildman–Crippen MR) is 242 cm³/mol. The monoisotopic (exact) mass is 886 g/mol. The van der Waals surface area contributed by atoms with Crippen molar-refractivity contribution in [2.75, 3.05) is 0 Å². The van der Waals surface area contributed by atoms with Crippen LogP contribution in [0.2, 0.25) is 0 Å². The van der Waals surface area contributed by atoms with Crippen molar-refractivity contribution < 1.29 is 29.5 Å². The molecule has 0 fully saturated rings. The highest BCUT2D eigenvalue weighted by Crippen LogP contribution is 2.56. The standard InChI is InChI=1S/C42H24N6O12.2C2H3N/c49-43(50)31-13-1-25(2-14-31)37-38(26-3-15-32(16-4-26)44(51)52)40(28-7-19-34(20-8-28)46(55)56)42(30-11-23-36(24-12-30)48(59)60)41(29-9-21-35(22-10-29)47(57)58)39(37)27-5-17-33(18-6-27)45(53)54;2*1-2-3/h1-24H;2*1H3. The van der Waals surface area contributed by atoms with Gasteiger partial charge in [0, 0.05) is 86.6 Å². The topological polar surface area (TPSA) is 306 Å². The summed E-state index contributed by atoms with van der Waals surface area (Å²) < 4.78 is 0. The van der Waals surface area contributed by atoms with Crippen LogP contribution in [0.5, 0.6) is 0 Å². The van der Waals surface area contributed by atoms with Crippen LogP contribution in [-0.4, -0.2) is 29.5 Å². The summed E-state index contributed by atoms with van der Waals surface area (Å²) in [6.07, 6.45) is 0. The van der Waals surface area contributed by atoms with Gasteiger partial charge in [-0.2, -0.15) is 10.5 Å². The van der Waals surface area contributed by atoms with E-state index in [1.165, 1.54) is 159 Å². The summed E-state index contributed by atoms with van der Waals surface area (Å²) >= 11 is 0. The predicted octanol–water partition coefficient (Wildman–Crippen LogP) is 12.2. The van der Waals surface area contributed by atoms with Crippen LogP contribution in [0.15, 0.2) is 146 Å². The molecule has 0 N–H and O–H groups in total. The van der Waals surface area contributed by atoms with Crippen LogP contribution in [0.4, 0.5) is 34.1 Å². The molecule has 0 aliphatic heterocycles. The van der Waals surface area contributed by atoms with E-state index in [1.807, 2.05) is 0 Å². The van der Waals surface area contributed by atoms with Crippen molar-refractivity contribution in [1.29, 1.82) is 10.5 Å². The highest BCUT2D eigenvalue weighted by Gasteiger charge is 2.31. The van der Waals surface area contributed by atoms with Gasteiger partial charge in [-0.1, -0.05) is 0 Å². The molecule has 0 aliphatic rings. The van der Waals surface area contributed by atoms with Crippen molar-refractivity contribution in [3.05, 3.63) is 206 Å². The molecule has 0 atom stereocenters. The number of nitro groups is 6. The lowest BCUT2D eigenvalue weighted by molar-refractivity contribution is -0.385. The third-order valence-electron chi connectivity index (χ3n) is 9.70. The van der Waals surface area contributed by atoms with E-state index in [1.54, 1.807) is 12.1 Å². The molecule has 7 aromatic rings.